The number of hydrogen-bond donors (Lipinski definition) is 0. The van der Waals surface area contributed by atoms with Crippen molar-refractivity contribution in [2.45, 2.75) is 0 Å². The van der Waals surface area contributed by atoms with Crippen LogP contribution in [0.2, 0.25) is 0 Å². The molecule has 0 saturated carbocycles. The van der Waals surface area contributed by atoms with Crippen LogP contribution in [-0.4, -0.2) is 20.0 Å². The van der Waals surface area contributed by atoms with Gasteiger partial charge in [-0.15, -0.1) is 0 Å². The van der Waals surface area contributed by atoms with Crippen molar-refractivity contribution < 1.29 is 0 Å². The van der Waals surface area contributed by atoms with Gasteiger partial charge in [0.05, 0.1) is 0 Å². The number of rotatable bonds is 3. The van der Waals surface area contributed by atoms with E-state index in [-0.39, 0.29) is 0 Å². The van der Waals surface area contributed by atoms with Crippen molar-refractivity contribution in [1.29, 1.82) is 0 Å². The van der Waals surface area contributed by atoms with Gasteiger partial charge in [0.2, 0.25) is 0 Å². The standard InChI is InChI=1S/C19H14Se/c20-19(16-11-5-2-6-12-16)18-14-8-7-13-17(18)15-9-3-1-4-10-15/h1-14H. The Balaban J connectivity index is 2.10. The van der Waals surface area contributed by atoms with Crippen molar-refractivity contribution in [3.63, 3.8) is 0 Å². The molecule has 0 heterocycles. The molecule has 0 amide bonds. The molecule has 3 aromatic carbocycles. The second-order valence-electron chi connectivity index (χ2n) is 4.61. The molecule has 0 aliphatic carbocycles. The topological polar surface area (TPSA) is 0 Å². The third kappa shape index (κ3) is 2.65. The summed E-state index contributed by atoms with van der Waals surface area (Å²) in [5.74, 6) is 0. The first kappa shape index (κ1) is 13.1. The Morgan fingerprint density at radius 1 is 0.600 bits per heavy atom. The van der Waals surface area contributed by atoms with Crippen LogP contribution in [0.1, 0.15) is 11.1 Å². The molecule has 0 N–H and O–H groups in total. The van der Waals surface area contributed by atoms with E-state index >= 15 is 0 Å². The SMILES string of the molecule is [Se]=C(c1ccccc1)c1ccccc1-c1ccccc1. The number of hydrogen-bond acceptors (Lipinski definition) is 0. The zero-order valence-corrected chi connectivity index (χ0v) is 12.7. The van der Waals surface area contributed by atoms with E-state index in [1.165, 1.54) is 26.7 Å². The second kappa shape index (κ2) is 6.00. The Morgan fingerprint density at radius 2 is 1.15 bits per heavy atom. The van der Waals surface area contributed by atoms with E-state index in [1.54, 1.807) is 0 Å². The quantitative estimate of drug-likeness (QED) is 0.638. The fourth-order valence-corrected chi connectivity index (χ4v) is 2.95. The summed E-state index contributed by atoms with van der Waals surface area (Å²) in [5, 5.41) is 0. The van der Waals surface area contributed by atoms with E-state index in [2.05, 4.69) is 88.4 Å². The molecular weight excluding hydrogens is 307 g/mol. The molecule has 0 atom stereocenters. The van der Waals surface area contributed by atoms with Gasteiger partial charge in [-0.05, 0) is 0 Å². The zero-order valence-electron chi connectivity index (χ0n) is 11.0. The predicted octanol–water partition coefficient (Wildman–Crippen LogP) is 4.09. The van der Waals surface area contributed by atoms with Gasteiger partial charge in [-0.2, -0.15) is 0 Å². The normalized spacial score (nSPS) is 10.2. The summed E-state index contributed by atoms with van der Waals surface area (Å²) in [6.45, 7) is 0. The molecule has 0 radical (unpaired) electrons. The van der Waals surface area contributed by atoms with Crippen LogP contribution in [0.25, 0.3) is 11.1 Å². The molecule has 0 saturated heterocycles. The van der Waals surface area contributed by atoms with Gasteiger partial charge >= 0.3 is 127 Å². The molecule has 0 bridgehead atoms. The molecule has 0 nitrogen and oxygen atoms in total. The third-order valence-corrected chi connectivity index (χ3v) is 4.25. The van der Waals surface area contributed by atoms with Crippen molar-refractivity contribution >= 4 is 20.0 Å². The van der Waals surface area contributed by atoms with Crippen LogP contribution in [0.5, 0.6) is 0 Å². The maximum atomic E-state index is 3.24. The average molecular weight is 321 g/mol. The summed E-state index contributed by atoms with van der Waals surface area (Å²) in [7, 11) is 0. The Hall–Kier alpha value is -1.95. The van der Waals surface area contributed by atoms with E-state index in [1.807, 2.05) is 12.1 Å². The summed E-state index contributed by atoms with van der Waals surface area (Å²) in [5.41, 5.74) is 4.96. The van der Waals surface area contributed by atoms with Crippen LogP contribution in [0.15, 0.2) is 84.9 Å². The van der Waals surface area contributed by atoms with E-state index < -0.39 is 0 Å². The van der Waals surface area contributed by atoms with Crippen molar-refractivity contribution in [2.75, 3.05) is 0 Å². The molecule has 3 aromatic rings. The molecular formula is C19H14Se. The van der Waals surface area contributed by atoms with Gasteiger partial charge in [-0.3, -0.25) is 0 Å². The molecule has 0 aliphatic rings. The Morgan fingerprint density at radius 3 is 1.85 bits per heavy atom. The van der Waals surface area contributed by atoms with Crippen molar-refractivity contribution in [2.24, 2.45) is 0 Å². The van der Waals surface area contributed by atoms with Crippen LogP contribution in [0.3, 0.4) is 0 Å². The van der Waals surface area contributed by atoms with Crippen molar-refractivity contribution in [3.8, 4) is 11.1 Å². The summed E-state index contributed by atoms with van der Waals surface area (Å²) in [6, 6.07) is 29.5. The molecule has 0 aliphatic heterocycles. The molecule has 0 spiro atoms. The summed E-state index contributed by atoms with van der Waals surface area (Å²) >= 11 is 3.24. The zero-order chi connectivity index (χ0) is 13.8. The molecule has 0 unspecified atom stereocenters. The van der Waals surface area contributed by atoms with Crippen LogP contribution in [0.4, 0.5) is 0 Å². The van der Waals surface area contributed by atoms with Crippen LogP contribution >= 0.6 is 0 Å². The second-order valence-corrected chi connectivity index (χ2v) is 5.46. The first-order valence-electron chi connectivity index (χ1n) is 6.60. The summed E-state index contributed by atoms with van der Waals surface area (Å²) in [6.07, 6.45) is 0. The van der Waals surface area contributed by atoms with Gasteiger partial charge in [0.15, 0.2) is 0 Å². The van der Waals surface area contributed by atoms with Gasteiger partial charge in [-0.1, -0.05) is 0 Å². The van der Waals surface area contributed by atoms with Crippen LogP contribution < -0.4 is 0 Å². The Labute approximate surface area is 127 Å². The van der Waals surface area contributed by atoms with Gasteiger partial charge in [0.1, 0.15) is 0 Å². The maximum absolute atomic E-state index is 3.24. The van der Waals surface area contributed by atoms with E-state index in [0.29, 0.717) is 0 Å². The van der Waals surface area contributed by atoms with Crippen molar-refractivity contribution in [3.05, 3.63) is 96.1 Å². The van der Waals surface area contributed by atoms with Gasteiger partial charge in [0, 0.05) is 0 Å². The minimum absolute atomic E-state index is 1.19. The minimum atomic E-state index is 1.19. The van der Waals surface area contributed by atoms with Crippen LogP contribution in [0, 0.1) is 0 Å². The van der Waals surface area contributed by atoms with Crippen LogP contribution in [-0.2, 0) is 0 Å². The van der Waals surface area contributed by atoms with Gasteiger partial charge in [-0.25, -0.2) is 0 Å². The van der Waals surface area contributed by atoms with Gasteiger partial charge < -0.3 is 0 Å². The molecule has 1 heteroatoms. The fourth-order valence-electron chi connectivity index (χ4n) is 2.30. The summed E-state index contributed by atoms with van der Waals surface area (Å²) in [4.78, 5) is 0. The molecule has 0 fully saturated rings. The monoisotopic (exact) mass is 322 g/mol. The van der Waals surface area contributed by atoms with Gasteiger partial charge in [0.25, 0.3) is 0 Å². The predicted molar refractivity (Wildman–Crippen MR) is 87.3 cm³/mol. The Bertz CT molecular complexity index is 715. The Kier molecular flexibility index (Phi) is 3.92. The molecule has 0 aromatic heterocycles. The summed E-state index contributed by atoms with van der Waals surface area (Å²) < 4.78 is 1.19. The van der Waals surface area contributed by atoms with E-state index in [9.17, 15) is 0 Å². The van der Waals surface area contributed by atoms with Crippen molar-refractivity contribution in [1.82, 2.24) is 0 Å². The third-order valence-electron chi connectivity index (χ3n) is 3.29. The first-order valence-corrected chi connectivity index (χ1v) is 7.46. The fraction of sp³-hybridized carbons (Fsp3) is 0. The molecule has 20 heavy (non-hydrogen) atoms. The average Bonchev–Trinajstić information content (AvgIpc) is 2.56. The first-order chi connectivity index (χ1) is 9.86. The molecule has 96 valence electrons. The van der Waals surface area contributed by atoms with E-state index in [0.717, 1.165) is 0 Å². The number of benzene rings is 3. The van der Waals surface area contributed by atoms with E-state index in [4.69, 9.17) is 0 Å². The molecule has 3 rings (SSSR count).